The first kappa shape index (κ1) is 17.1. The van der Waals surface area contributed by atoms with E-state index in [2.05, 4.69) is 34.7 Å². The van der Waals surface area contributed by atoms with Gasteiger partial charge in [-0.1, -0.05) is 41.9 Å². The van der Waals surface area contributed by atoms with Gasteiger partial charge in [0, 0.05) is 17.1 Å². The Morgan fingerprint density at radius 2 is 1.80 bits per heavy atom. The van der Waals surface area contributed by atoms with Crippen molar-refractivity contribution in [1.29, 1.82) is 0 Å². The second-order valence-electron chi connectivity index (χ2n) is 5.65. The van der Waals surface area contributed by atoms with Gasteiger partial charge in [-0.15, -0.1) is 0 Å². The number of carbonyl (C=O) groups is 1. The fourth-order valence-electron chi connectivity index (χ4n) is 2.45. The molecule has 1 amide bonds. The molecule has 1 aromatic carbocycles. The number of benzene rings is 1. The topological polar surface area (TPSA) is 72.3 Å². The zero-order valence-corrected chi connectivity index (χ0v) is 13.9. The molecule has 0 saturated carbocycles. The number of primary amides is 1. The van der Waals surface area contributed by atoms with E-state index in [4.69, 9.17) is 11.5 Å². The van der Waals surface area contributed by atoms with Crippen molar-refractivity contribution < 1.29 is 4.79 Å². The molecule has 0 aliphatic carbocycles. The second-order valence-corrected chi connectivity index (χ2v) is 6.56. The van der Waals surface area contributed by atoms with E-state index in [0.29, 0.717) is 5.92 Å². The number of amides is 1. The molecule has 2 atom stereocenters. The molecule has 0 bridgehead atoms. The summed E-state index contributed by atoms with van der Waals surface area (Å²) in [7, 11) is 0. The molecule has 1 rings (SSSR count). The molecule has 0 fully saturated rings. The SMILES string of the molecule is CC(C)CN(CC(N)=O)C(c1ccc(Br)cc1)C(C)N. The summed E-state index contributed by atoms with van der Waals surface area (Å²) in [4.78, 5) is 13.4. The minimum atomic E-state index is -0.326. The van der Waals surface area contributed by atoms with Crippen LogP contribution in [-0.4, -0.2) is 29.9 Å². The summed E-state index contributed by atoms with van der Waals surface area (Å²) >= 11 is 3.43. The van der Waals surface area contributed by atoms with Gasteiger partial charge in [-0.25, -0.2) is 0 Å². The number of hydrogen-bond acceptors (Lipinski definition) is 3. The average Bonchev–Trinajstić information content (AvgIpc) is 2.29. The van der Waals surface area contributed by atoms with Gasteiger partial charge in [0.2, 0.25) is 5.91 Å². The zero-order chi connectivity index (χ0) is 15.3. The maximum atomic E-state index is 11.3. The number of hydrogen-bond donors (Lipinski definition) is 2. The Hall–Kier alpha value is -0.910. The van der Waals surface area contributed by atoms with Crippen molar-refractivity contribution in [3.63, 3.8) is 0 Å². The second kappa shape index (κ2) is 7.76. The van der Waals surface area contributed by atoms with E-state index in [1.807, 2.05) is 31.2 Å². The monoisotopic (exact) mass is 341 g/mol. The molecule has 112 valence electrons. The van der Waals surface area contributed by atoms with Gasteiger partial charge in [-0.05, 0) is 30.5 Å². The molecule has 0 aromatic heterocycles. The van der Waals surface area contributed by atoms with Gasteiger partial charge in [-0.2, -0.15) is 0 Å². The van der Waals surface area contributed by atoms with E-state index in [0.717, 1.165) is 16.6 Å². The zero-order valence-electron chi connectivity index (χ0n) is 12.3. The maximum absolute atomic E-state index is 11.3. The van der Waals surface area contributed by atoms with Crippen molar-refractivity contribution in [2.24, 2.45) is 17.4 Å². The summed E-state index contributed by atoms with van der Waals surface area (Å²) in [6, 6.07) is 7.94. The van der Waals surface area contributed by atoms with Crippen LogP contribution in [0, 0.1) is 5.92 Å². The first-order valence-corrected chi connectivity index (χ1v) is 7.64. The first-order valence-electron chi connectivity index (χ1n) is 6.84. The fraction of sp³-hybridized carbons (Fsp3) is 0.533. The lowest BCUT2D eigenvalue weighted by Crippen LogP contribution is -2.45. The van der Waals surface area contributed by atoms with Crippen molar-refractivity contribution in [1.82, 2.24) is 4.90 Å². The van der Waals surface area contributed by atoms with Crippen LogP contribution in [0.1, 0.15) is 32.4 Å². The Bertz CT molecular complexity index is 431. The van der Waals surface area contributed by atoms with Crippen LogP contribution in [0.3, 0.4) is 0 Å². The predicted molar refractivity (Wildman–Crippen MR) is 86.1 cm³/mol. The molecule has 0 spiro atoms. The molecule has 0 aliphatic heterocycles. The van der Waals surface area contributed by atoms with Crippen LogP contribution in [0.4, 0.5) is 0 Å². The normalized spacial score (nSPS) is 14.6. The van der Waals surface area contributed by atoms with Crippen LogP contribution < -0.4 is 11.5 Å². The average molecular weight is 342 g/mol. The molecular weight excluding hydrogens is 318 g/mol. The van der Waals surface area contributed by atoms with Crippen LogP contribution in [0.25, 0.3) is 0 Å². The standard InChI is InChI=1S/C15H24BrN3O/c1-10(2)8-19(9-14(18)20)15(11(3)17)12-4-6-13(16)7-5-12/h4-7,10-11,15H,8-9,17H2,1-3H3,(H2,18,20). The number of carbonyl (C=O) groups excluding carboxylic acids is 1. The molecule has 20 heavy (non-hydrogen) atoms. The lowest BCUT2D eigenvalue weighted by molar-refractivity contribution is -0.120. The van der Waals surface area contributed by atoms with Crippen LogP contribution in [0.15, 0.2) is 28.7 Å². The highest BCUT2D eigenvalue weighted by molar-refractivity contribution is 9.10. The van der Waals surface area contributed by atoms with E-state index in [9.17, 15) is 4.79 Å². The molecular formula is C15H24BrN3O. The van der Waals surface area contributed by atoms with Crippen molar-refractivity contribution in [2.75, 3.05) is 13.1 Å². The van der Waals surface area contributed by atoms with E-state index < -0.39 is 0 Å². The summed E-state index contributed by atoms with van der Waals surface area (Å²) in [5.41, 5.74) is 12.6. The maximum Gasteiger partial charge on any atom is 0.231 e. The summed E-state index contributed by atoms with van der Waals surface area (Å²) < 4.78 is 1.02. The lowest BCUT2D eigenvalue weighted by Gasteiger charge is -2.35. The third-order valence-electron chi connectivity index (χ3n) is 3.06. The summed E-state index contributed by atoms with van der Waals surface area (Å²) in [5.74, 6) is 0.111. The van der Waals surface area contributed by atoms with E-state index in [1.165, 1.54) is 0 Å². The minimum absolute atomic E-state index is 0.0157. The number of rotatable bonds is 7. The number of halogens is 1. The third kappa shape index (κ3) is 5.23. The first-order chi connectivity index (χ1) is 9.31. The van der Waals surface area contributed by atoms with Gasteiger partial charge in [0.1, 0.15) is 0 Å². The third-order valence-corrected chi connectivity index (χ3v) is 3.59. The molecule has 0 heterocycles. The Labute approximate surface area is 129 Å². The smallest absolute Gasteiger partial charge is 0.231 e. The number of nitrogens with two attached hydrogens (primary N) is 2. The molecule has 4 nitrogen and oxygen atoms in total. The van der Waals surface area contributed by atoms with Crippen LogP contribution >= 0.6 is 15.9 Å². The van der Waals surface area contributed by atoms with E-state index in [1.54, 1.807) is 0 Å². The van der Waals surface area contributed by atoms with Gasteiger partial charge in [0.05, 0.1) is 12.6 Å². The molecule has 5 heteroatoms. The Morgan fingerprint density at radius 3 is 2.20 bits per heavy atom. The quantitative estimate of drug-likeness (QED) is 0.799. The van der Waals surface area contributed by atoms with Gasteiger partial charge >= 0.3 is 0 Å². The van der Waals surface area contributed by atoms with Crippen LogP contribution in [-0.2, 0) is 4.79 Å². The Kier molecular flexibility index (Phi) is 6.65. The highest BCUT2D eigenvalue weighted by Gasteiger charge is 2.25. The van der Waals surface area contributed by atoms with E-state index in [-0.39, 0.29) is 24.5 Å². The predicted octanol–water partition coefficient (Wildman–Crippen LogP) is 2.28. The van der Waals surface area contributed by atoms with Crippen molar-refractivity contribution in [3.8, 4) is 0 Å². The fourth-order valence-corrected chi connectivity index (χ4v) is 2.72. The van der Waals surface area contributed by atoms with Gasteiger partial charge < -0.3 is 11.5 Å². The molecule has 2 unspecified atom stereocenters. The van der Waals surface area contributed by atoms with Gasteiger partial charge in [0.15, 0.2) is 0 Å². The molecule has 4 N–H and O–H groups in total. The summed E-state index contributed by atoms with van der Waals surface area (Å²) in [5, 5.41) is 0. The summed E-state index contributed by atoms with van der Waals surface area (Å²) in [6.45, 7) is 7.20. The van der Waals surface area contributed by atoms with Crippen molar-refractivity contribution >= 4 is 21.8 Å². The molecule has 0 aliphatic rings. The summed E-state index contributed by atoms with van der Waals surface area (Å²) in [6.07, 6.45) is 0. The highest BCUT2D eigenvalue weighted by Crippen LogP contribution is 2.25. The lowest BCUT2D eigenvalue weighted by atomic mass is 9.98. The van der Waals surface area contributed by atoms with Gasteiger partial charge in [-0.3, -0.25) is 9.69 Å². The van der Waals surface area contributed by atoms with Crippen molar-refractivity contribution in [3.05, 3.63) is 34.3 Å². The van der Waals surface area contributed by atoms with Crippen molar-refractivity contribution in [2.45, 2.75) is 32.9 Å². The van der Waals surface area contributed by atoms with Crippen LogP contribution in [0.5, 0.6) is 0 Å². The number of nitrogens with zero attached hydrogens (tertiary/aromatic N) is 1. The Balaban J connectivity index is 3.06. The molecule has 0 radical (unpaired) electrons. The van der Waals surface area contributed by atoms with Gasteiger partial charge in [0.25, 0.3) is 0 Å². The molecule has 0 saturated heterocycles. The molecule has 1 aromatic rings. The Morgan fingerprint density at radius 1 is 1.25 bits per heavy atom. The highest BCUT2D eigenvalue weighted by atomic mass is 79.9. The van der Waals surface area contributed by atoms with Crippen LogP contribution in [0.2, 0.25) is 0 Å². The van der Waals surface area contributed by atoms with E-state index >= 15 is 0 Å². The minimum Gasteiger partial charge on any atom is -0.369 e. The largest absolute Gasteiger partial charge is 0.369 e.